The fourth-order valence-electron chi connectivity index (χ4n) is 3.92. The molecule has 148 valence electrons. The summed E-state index contributed by atoms with van der Waals surface area (Å²) in [5, 5.41) is 0. The minimum atomic E-state index is -0.359. The minimum Gasteiger partial charge on any atom is -0.493 e. The topological polar surface area (TPSA) is 38.8 Å². The molecule has 1 heterocycles. The summed E-state index contributed by atoms with van der Waals surface area (Å²) in [4.78, 5) is 15.2. The Morgan fingerprint density at radius 3 is 2.28 bits per heavy atom. The fraction of sp³-hybridized carbons (Fsp3) is 0.208. The normalized spacial score (nSPS) is 15.6. The molecule has 4 nitrogen and oxygen atoms in total. The lowest BCUT2D eigenvalue weighted by Crippen LogP contribution is -2.40. The summed E-state index contributed by atoms with van der Waals surface area (Å²) in [7, 11) is 3.22. The number of hydrogen-bond donors (Lipinski definition) is 0. The molecule has 1 aliphatic heterocycles. The van der Waals surface area contributed by atoms with Crippen LogP contribution in [0.25, 0.3) is 0 Å². The van der Waals surface area contributed by atoms with Crippen molar-refractivity contribution in [1.29, 1.82) is 0 Å². The molecule has 1 atom stereocenters. The van der Waals surface area contributed by atoms with Gasteiger partial charge in [-0.1, -0.05) is 30.3 Å². The highest BCUT2D eigenvalue weighted by Gasteiger charge is 2.33. The summed E-state index contributed by atoms with van der Waals surface area (Å²) in [6, 6.07) is 19.3. The maximum atomic E-state index is 13.3. The van der Waals surface area contributed by atoms with E-state index in [1.54, 1.807) is 14.2 Å². The average Bonchev–Trinajstić information content (AvgIpc) is 2.77. The van der Waals surface area contributed by atoms with Crippen LogP contribution in [0.4, 0.5) is 4.39 Å². The molecule has 0 aliphatic carbocycles. The molecule has 3 aromatic rings. The van der Waals surface area contributed by atoms with Gasteiger partial charge in [0, 0.05) is 12.1 Å². The first-order valence-corrected chi connectivity index (χ1v) is 9.48. The second-order valence-corrected chi connectivity index (χ2v) is 6.97. The molecule has 0 unspecified atom stereocenters. The van der Waals surface area contributed by atoms with E-state index in [-0.39, 0.29) is 17.8 Å². The van der Waals surface area contributed by atoms with Crippen LogP contribution >= 0.6 is 0 Å². The molecule has 0 radical (unpaired) electrons. The van der Waals surface area contributed by atoms with Gasteiger partial charge in [0.1, 0.15) is 5.82 Å². The van der Waals surface area contributed by atoms with E-state index in [9.17, 15) is 9.18 Å². The second-order valence-electron chi connectivity index (χ2n) is 6.97. The first kappa shape index (κ1) is 19.0. The third-order valence-electron chi connectivity index (χ3n) is 5.34. The van der Waals surface area contributed by atoms with E-state index < -0.39 is 0 Å². The molecule has 1 aliphatic rings. The van der Waals surface area contributed by atoms with E-state index in [0.717, 1.165) is 16.7 Å². The Bertz CT molecular complexity index is 1020. The summed E-state index contributed by atoms with van der Waals surface area (Å²) < 4.78 is 24.3. The molecule has 29 heavy (non-hydrogen) atoms. The highest BCUT2D eigenvalue weighted by atomic mass is 19.1. The van der Waals surface area contributed by atoms with Crippen molar-refractivity contribution in [1.82, 2.24) is 4.90 Å². The summed E-state index contributed by atoms with van der Waals surface area (Å²) in [6.45, 7) is 0.554. The maximum Gasteiger partial charge on any atom is 0.254 e. The molecule has 0 saturated carbocycles. The van der Waals surface area contributed by atoms with Gasteiger partial charge in [0.15, 0.2) is 11.5 Å². The van der Waals surface area contributed by atoms with Crippen molar-refractivity contribution < 1.29 is 18.7 Å². The van der Waals surface area contributed by atoms with Crippen LogP contribution in [-0.4, -0.2) is 31.6 Å². The van der Waals surface area contributed by atoms with Crippen molar-refractivity contribution in [2.45, 2.75) is 12.5 Å². The van der Waals surface area contributed by atoms with Gasteiger partial charge < -0.3 is 14.4 Å². The molecular formula is C24H22FNO3. The van der Waals surface area contributed by atoms with Crippen LogP contribution in [0.5, 0.6) is 11.5 Å². The number of halogens is 1. The van der Waals surface area contributed by atoms with E-state index in [2.05, 4.69) is 0 Å². The number of rotatable bonds is 4. The lowest BCUT2D eigenvalue weighted by molar-refractivity contribution is 0.0694. The van der Waals surface area contributed by atoms with Gasteiger partial charge in [0.05, 0.1) is 20.3 Å². The molecule has 3 aromatic carbocycles. The van der Waals surface area contributed by atoms with Crippen LogP contribution in [-0.2, 0) is 6.42 Å². The number of ether oxygens (including phenoxy) is 2. The number of carbonyl (C=O) groups is 1. The van der Waals surface area contributed by atoms with E-state index in [0.29, 0.717) is 30.0 Å². The fourth-order valence-corrected chi connectivity index (χ4v) is 3.92. The van der Waals surface area contributed by atoms with E-state index in [1.807, 2.05) is 47.4 Å². The smallest absolute Gasteiger partial charge is 0.254 e. The van der Waals surface area contributed by atoms with Crippen LogP contribution < -0.4 is 9.47 Å². The van der Waals surface area contributed by atoms with Crippen LogP contribution in [0, 0.1) is 5.82 Å². The van der Waals surface area contributed by atoms with Crippen LogP contribution in [0.2, 0.25) is 0 Å². The predicted octanol–water partition coefficient (Wildman–Crippen LogP) is 4.63. The zero-order valence-corrected chi connectivity index (χ0v) is 16.4. The Hall–Kier alpha value is -3.34. The summed E-state index contributed by atoms with van der Waals surface area (Å²) >= 11 is 0. The van der Waals surface area contributed by atoms with Crippen LogP contribution in [0.1, 0.15) is 33.1 Å². The van der Waals surface area contributed by atoms with Crippen molar-refractivity contribution in [3.05, 3.63) is 94.8 Å². The largest absolute Gasteiger partial charge is 0.493 e. The Balaban J connectivity index is 1.83. The Kier molecular flexibility index (Phi) is 5.21. The molecule has 5 heteroatoms. The summed E-state index contributed by atoms with van der Waals surface area (Å²) in [5.74, 6) is 0.820. The second kappa shape index (κ2) is 7.95. The van der Waals surface area contributed by atoms with Crippen molar-refractivity contribution in [2.24, 2.45) is 0 Å². The van der Waals surface area contributed by atoms with E-state index in [4.69, 9.17) is 9.47 Å². The molecule has 0 bridgehead atoms. The minimum absolute atomic E-state index is 0.126. The number of benzene rings is 3. The van der Waals surface area contributed by atoms with E-state index in [1.165, 1.54) is 24.3 Å². The van der Waals surface area contributed by atoms with Gasteiger partial charge in [-0.2, -0.15) is 0 Å². The number of fused-ring (bicyclic) bond motifs is 1. The molecule has 0 aromatic heterocycles. The number of hydrogen-bond acceptors (Lipinski definition) is 3. The molecule has 0 fully saturated rings. The predicted molar refractivity (Wildman–Crippen MR) is 109 cm³/mol. The van der Waals surface area contributed by atoms with Gasteiger partial charge in [-0.3, -0.25) is 4.79 Å². The highest BCUT2D eigenvalue weighted by molar-refractivity contribution is 5.95. The van der Waals surface area contributed by atoms with Gasteiger partial charge in [-0.05, 0) is 59.5 Å². The Morgan fingerprint density at radius 1 is 0.966 bits per heavy atom. The zero-order valence-electron chi connectivity index (χ0n) is 16.4. The van der Waals surface area contributed by atoms with Crippen molar-refractivity contribution in [3.8, 4) is 11.5 Å². The molecule has 0 spiro atoms. The number of carbonyl (C=O) groups excluding carboxylic acids is 1. The van der Waals surface area contributed by atoms with Gasteiger partial charge in [-0.25, -0.2) is 4.39 Å². The van der Waals surface area contributed by atoms with Crippen LogP contribution in [0.3, 0.4) is 0 Å². The van der Waals surface area contributed by atoms with Gasteiger partial charge >= 0.3 is 0 Å². The van der Waals surface area contributed by atoms with Gasteiger partial charge in [0.25, 0.3) is 5.91 Å². The van der Waals surface area contributed by atoms with Crippen LogP contribution in [0.15, 0.2) is 66.7 Å². The maximum absolute atomic E-state index is 13.3. The van der Waals surface area contributed by atoms with Crippen molar-refractivity contribution in [3.63, 3.8) is 0 Å². The monoisotopic (exact) mass is 391 g/mol. The molecule has 0 N–H and O–H groups in total. The SMILES string of the molecule is COc1cc2c(cc1OC)[C@H](c1ccccc1)N(C(=O)c1ccc(F)cc1)CC2. The third kappa shape index (κ3) is 3.56. The summed E-state index contributed by atoms with van der Waals surface area (Å²) in [5.41, 5.74) is 3.61. The Morgan fingerprint density at radius 2 is 1.62 bits per heavy atom. The van der Waals surface area contributed by atoms with Crippen molar-refractivity contribution >= 4 is 5.91 Å². The molecular weight excluding hydrogens is 369 g/mol. The first-order chi connectivity index (χ1) is 14.1. The number of amides is 1. The lowest BCUT2D eigenvalue weighted by Gasteiger charge is -2.38. The average molecular weight is 391 g/mol. The summed E-state index contributed by atoms with van der Waals surface area (Å²) in [6.07, 6.45) is 0.700. The van der Waals surface area contributed by atoms with E-state index >= 15 is 0 Å². The first-order valence-electron chi connectivity index (χ1n) is 9.48. The van der Waals surface area contributed by atoms with Crippen molar-refractivity contribution in [2.75, 3.05) is 20.8 Å². The van der Waals surface area contributed by atoms with Gasteiger partial charge in [0.2, 0.25) is 0 Å². The number of methoxy groups -OCH3 is 2. The lowest BCUT2D eigenvalue weighted by atomic mass is 9.87. The highest BCUT2D eigenvalue weighted by Crippen LogP contribution is 2.41. The molecule has 1 amide bonds. The third-order valence-corrected chi connectivity index (χ3v) is 5.34. The zero-order chi connectivity index (χ0) is 20.4. The standard InChI is InChI=1S/C24H22FNO3/c1-28-21-14-18-12-13-26(24(27)17-8-10-19(25)11-9-17)23(16-6-4-3-5-7-16)20(18)15-22(21)29-2/h3-11,14-15,23H,12-13H2,1-2H3/t23-/m0/s1. The van der Waals surface area contributed by atoms with Gasteiger partial charge in [-0.15, -0.1) is 0 Å². The molecule has 4 rings (SSSR count). The Labute approximate surface area is 169 Å². The molecule has 0 saturated heterocycles. The quantitative estimate of drug-likeness (QED) is 0.651. The number of nitrogens with zero attached hydrogens (tertiary/aromatic N) is 1.